The fourth-order valence-electron chi connectivity index (χ4n) is 2.45. The van der Waals surface area contributed by atoms with Crippen molar-refractivity contribution in [1.29, 1.82) is 0 Å². The molecule has 0 fully saturated rings. The summed E-state index contributed by atoms with van der Waals surface area (Å²) >= 11 is 3.36. The Morgan fingerprint density at radius 3 is 2.54 bits per heavy atom. The molecule has 26 heavy (non-hydrogen) atoms. The predicted octanol–water partition coefficient (Wildman–Crippen LogP) is 3.51. The average Bonchev–Trinajstić information content (AvgIpc) is 2.66. The summed E-state index contributed by atoms with van der Waals surface area (Å²) in [5.74, 6) is 1.81. The number of benzene rings is 2. The number of halogens is 2. The SMILES string of the molecule is CN=C(NCCc1cc(Br)ccc1F)NCc1ccc(OC)c(OC)c1. The maximum absolute atomic E-state index is 13.8. The molecular weight excluding hydrogens is 401 g/mol. The van der Waals surface area contributed by atoms with Crippen LogP contribution in [0.15, 0.2) is 45.9 Å². The molecule has 0 radical (unpaired) electrons. The van der Waals surface area contributed by atoms with Crippen molar-refractivity contribution in [3.63, 3.8) is 0 Å². The topological polar surface area (TPSA) is 54.9 Å². The summed E-state index contributed by atoms with van der Waals surface area (Å²) in [6.45, 7) is 1.14. The predicted molar refractivity (Wildman–Crippen MR) is 106 cm³/mol. The Morgan fingerprint density at radius 2 is 1.85 bits per heavy atom. The van der Waals surface area contributed by atoms with E-state index in [1.807, 2.05) is 18.2 Å². The van der Waals surface area contributed by atoms with E-state index < -0.39 is 0 Å². The lowest BCUT2D eigenvalue weighted by Crippen LogP contribution is -2.37. The van der Waals surface area contributed by atoms with Crippen molar-refractivity contribution in [2.45, 2.75) is 13.0 Å². The first-order valence-corrected chi connectivity index (χ1v) is 8.96. The molecule has 0 spiro atoms. The molecule has 5 nitrogen and oxygen atoms in total. The van der Waals surface area contributed by atoms with Crippen LogP contribution in [0.5, 0.6) is 11.5 Å². The second kappa shape index (κ2) is 10.0. The van der Waals surface area contributed by atoms with Gasteiger partial charge in [-0.2, -0.15) is 0 Å². The van der Waals surface area contributed by atoms with Crippen LogP contribution in [0.4, 0.5) is 4.39 Å². The molecule has 2 rings (SSSR count). The number of ether oxygens (including phenoxy) is 2. The fourth-order valence-corrected chi connectivity index (χ4v) is 2.86. The van der Waals surface area contributed by atoms with Gasteiger partial charge in [-0.3, -0.25) is 4.99 Å². The molecule has 0 aromatic heterocycles. The van der Waals surface area contributed by atoms with Crippen molar-refractivity contribution in [3.8, 4) is 11.5 Å². The second-order valence-corrected chi connectivity index (χ2v) is 6.44. The lowest BCUT2D eigenvalue weighted by molar-refractivity contribution is 0.354. The molecular formula is C19H23BrFN3O2. The van der Waals surface area contributed by atoms with E-state index in [9.17, 15) is 4.39 Å². The molecule has 7 heteroatoms. The summed E-state index contributed by atoms with van der Waals surface area (Å²) in [4.78, 5) is 4.19. The van der Waals surface area contributed by atoms with E-state index in [1.165, 1.54) is 6.07 Å². The van der Waals surface area contributed by atoms with Gasteiger partial charge in [-0.15, -0.1) is 0 Å². The molecule has 0 amide bonds. The lowest BCUT2D eigenvalue weighted by Gasteiger charge is -2.14. The molecule has 140 valence electrons. The van der Waals surface area contributed by atoms with E-state index in [2.05, 4.69) is 31.6 Å². The van der Waals surface area contributed by atoms with Gasteiger partial charge in [0.05, 0.1) is 14.2 Å². The van der Waals surface area contributed by atoms with Gasteiger partial charge in [0.1, 0.15) is 5.82 Å². The molecule has 0 aliphatic rings. The summed E-state index contributed by atoms with van der Waals surface area (Å²) in [6.07, 6.45) is 0.558. The zero-order valence-electron chi connectivity index (χ0n) is 15.1. The average molecular weight is 424 g/mol. The van der Waals surface area contributed by atoms with Crippen LogP contribution >= 0.6 is 15.9 Å². The summed E-state index contributed by atoms with van der Waals surface area (Å²) in [7, 11) is 4.91. The second-order valence-electron chi connectivity index (χ2n) is 5.53. The van der Waals surface area contributed by atoms with E-state index >= 15 is 0 Å². The quantitative estimate of drug-likeness (QED) is 0.528. The highest BCUT2D eigenvalue weighted by Gasteiger charge is 2.06. The molecule has 0 unspecified atom stereocenters. The minimum absolute atomic E-state index is 0.205. The lowest BCUT2D eigenvalue weighted by atomic mass is 10.1. The first-order chi connectivity index (χ1) is 12.6. The van der Waals surface area contributed by atoms with E-state index in [4.69, 9.17) is 9.47 Å². The van der Waals surface area contributed by atoms with Gasteiger partial charge in [0.15, 0.2) is 17.5 Å². The minimum Gasteiger partial charge on any atom is -0.493 e. The molecule has 0 saturated carbocycles. The van der Waals surface area contributed by atoms with Crippen molar-refractivity contribution in [2.24, 2.45) is 4.99 Å². The van der Waals surface area contributed by atoms with Crippen molar-refractivity contribution < 1.29 is 13.9 Å². The van der Waals surface area contributed by atoms with Crippen molar-refractivity contribution >= 4 is 21.9 Å². The van der Waals surface area contributed by atoms with E-state index in [0.717, 1.165) is 10.0 Å². The van der Waals surface area contributed by atoms with Gasteiger partial charge in [0.25, 0.3) is 0 Å². The van der Waals surface area contributed by atoms with E-state index in [-0.39, 0.29) is 5.82 Å². The third-order valence-electron chi connectivity index (χ3n) is 3.83. The van der Waals surface area contributed by atoms with Crippen LogP contribution in [-0.4, -0.2) is 33.8 Å². The normalized spacial score (nSPS) is 11.2. The molecule has 2 aromatic carbocycles. The maximum atomic E-state index is 13.8. The maximum Gasteiger partial charge on any atom is 0.191 e. The zero-order chi connectivity index (χ0) is 18.9. The highest BCUT2D eigenvalue weighted by Crippen LogP contribution is 2.27. The number of rotatable bonds is 7. The number of guanidine groups is 1. The number of hydrogen-bond acceptors (Lipinski definition) is 3. The summed E-state index contributed by atoms with van der Waals surface area (Å²) in [5.41, 5.74) is 1.69. The van der Waals surface area contributed by atoms with Crippen LogP contribution in [0, 0.1) is 5.82 Å². The van der Waals surface area contributed by atoms with Gasteiger partial charge in [0.2, 0.25) is 0 Å². The number of aliphatic imine (C=N–C) groups is 1. The van der Waals surface area contributed by atoms with Gasteiger partial charge < -0.3 is 20.1 Å². The Bertz CT molecular complexity index is 768. The Balaban J connectivity index is 1.87. The molecule has 0 atom stereocenters. The summed E-state index contributed by atoms with van der Waals surface area (Å²) < 4.78 is 25.2. The van der Waals surface area contributed by atoms with Crippen LogP contribution in [0.2, 0.25) is 0 Å². The Labute approximate surface area is 161 Å². The van der Waals surface area contributed by atoms with E-state index in [1.54, 1.807) is 33.4 Å². The third kappa shape index (κ3) is 5.62. The monoisotopic (exact) mass is 423 g/mol. The highest BCUT2D eigenvalue weighted by molar-refractivity contribution is 9.10. The van der Waals surface area contributed by atoms with Crippen LogP contribution < -0.4 is 20.1 Å². The number of hydrogen-bond donors (Lipinski definition) is 2. The largest absolute Gasteiger partial charge is 0.493 e. The van der Waals surface area contributed by atoms with Gasteiger partial charge in [-0.1, -0.05) is 22.0 Å². The molecule has 2 N–H and O–H groups in total. The van der Waals surface area contributed by atoms with Gasteiger partial charge >= 0.3 is 0 Å². The van der Waals surface area contributed by atoms with Crippen molar-refractivity contribution in [1.82, 2.24) is 10.6 Å². The van der Waals surface area contributed by atoms with E-state index in [0.29, 0.717) is 42.5 Å². The zero-order valence-corrected chi connectivity index (χ0v) is 16.7. The summed E-state index contributed by atoms with van der Waals surface area (Å²) in [6, 6.07) is 10.7. The first-order valence-electron chi connectivity index (χ1n) is 8.16. The van der Waals surface area contributed by atoms with Crippen LogP contribution in [0.3, 0.4) is 0 Å². The van der Waals surface area contributed by atoms with Gasteiger partial charge in [-0.05, 0) is 47.9 Å². The highest BCUT2D eigenvalue weighted by atomic mass is 79.9. The van der Waals surface area contributed by atoms with Crippen LogP contribution in [0.1, 0.15) is 11.1 Å². The standard InChI is InChI=1S/C19H23BrFN3O2/c1-22-19(23-9-8-14-11-15(20)5-6-16(14)21)24-12-13-4-7-17(25-2)18(10-13)26-3/h4-7,10-11H,8-9,12H2,1-3H3,(H2,22,23,24). The first kappa shape index (κ1) is 20.0. The van der Waals surface area contributed by atoms with Gasteiger partial charge in [-0.25, -0.2) is 4.39 Å². The van der Waals surface area contributed by atoms with Crippen molar-refractivity contribution in [3.05, 3.63) is 57.8 Å². The Morgan fingerprint density at radius 1 is 1.08 bits per heavy atom. The number of nitrogens with one attached hydrogen (secondary N) is 2. The number of methoxy groups -OCH3 is 2. The minimum atomic E-state index is -0.205. The molecule has 0 saturated heterocycles. The summed E-state index contributed by atoms with van der Waals surface area (Å²) in [5, 5.41) is 6.41. The molecule has 0 aliphatic carbocycles. The van der Waals surface area contributed by atoms with Crippen molar-refractivity contribution in [2.75, 3.05) is 27.8 Å². The third-order valence-corrected chi connectivity index (χ3v) is 4.32. The van der Waals surface area contributed by atoms with Crippen LogP contribution in [0.25, 0.3) is 0 Å². The Kier molecular flexibility index (Phi) is 7.72. The smallest absolute Gasteiger partial charge is 0.191 e. The molecule has 0 aliphatic heterocycles. The number of nitrogens with zero attached hydrogens (tertiary/aromatic N) is 1. The Hall–Kier alpha value is -2.28. The fraction of sp³-hybridized carbons (Fsp3) is 0.316. The van der Waals surface area contributed by atoms with Crippen LogP contribution in [-0.2, 0) is 13.0 Å². The molecule has 0 bridgehead atoms. The van der Waals surface area contributed by atoms with Gasteiger partial charge in [0, 0.05) is 24.6 Å². The molecule has 0 heterocycles. The molecule has 2 aromatic rings.